The average molecular weight is 568 g/mol. The second-order valence-electron chi connectivity index (χ2n) is 10.7. The van der Waals surface area contributed by atoms with Crippen LogP contribution in [0.5, 0.6) is 5.75 Å². The third-order valence-electron chi connectivity index (χ3n) is 8.08. The van der Waals surface area contributed by atoms with Gasteiger partial charge >= 0.3 is 0 Å². The lowest BCUT2D eigenvalue weighted by atomic mass is 9.87. The van der Waals surface area contributed by atoms with Gasteiger partial charge in [-0.25, -0.2) is 0 Å². The van der Waals surface area contributed by atoms with E-state index in [0.29, 0.717) is 23.1 Å². The molecule has 2 fully saturated rings. The molecule has 0 spiro atoms. The van der Waals surface area contributed by atoms with Crippen LogP contribution in [0, 0.1) is 0 Å². The summed E-state index contributed by atoms with van der Waals surface area (Å²) in [6.45, 7) is 2.03. The number of thioether (sulfide) groups is 1. The van der Waals surface area contributed by atoms with Gasteiger partial charge < -0.3 is 9.64 Å². The van der Waals surface area contributed by atoms with E-state index in [9.17, 15) is 4.79 Å². The molecule has 2 saturated heterocycles. The quantitative estimate of drug-likeness (QED) is 0.223. The highest BCUT2D eigenvalue weighted by molar-refractivity contribution is 7.99. The monoisotopic (exact) mass is 567 g/mol. The zero-order chi connectivity index (χ0) is 27.3. The van der Waals surface area contributed by atoms with E-state index in [2.05, 4.69) is 60.3 Å². The lowest BCUT2D eigenvalue weighted by Gasteiger charge is -2.24. The molecular weight excluding hydrogens is 534 g/mol. The molecule has 0 aromatic heterocycles. The molecule has 0 radical (unpaired) electrons. The van der Waals surface area contributed by atoms with Gasteiger partial charge in [0.2, 0.25) is 0 Å². The van der Waals surface area contributed by atoms with Crippen LogP contribution in [0.15, 0.2) is 91.0 Å². The minimum atomic E-state index is 0.0981. The molecule has 4 aromatic rings. The molecule has 6 rings (SSSR count). The van der Waals surface area contributed by atoms with E-state index >= 15 is 0 Å². The fourth-order valence-electron chi connectivity index (χ4n) is 5.88. The summed E-state index contributed by atoms with van der Waals surface area (Å²) in [6, 6.07) is 31.1. The highest BCUT2D eigenvalue weighted by Gasteiger charge is 2.21. The van der Waals surface area contributed by atoms with Gasteiger partial charge in [-0.05, 0) is 113 Å². The molecule has 40 heavy (non-hydrogen) atoms. The van der Waals surface area contributed by atoms with Gasteiger partial charge in [0.1, 0.15) is 12.4 Å². The number of likely N-dealkylation sites (tertiary alicyclic amines) is 1. The second-order valence-corrected chi connectivity index (χ2v) is 12.3. The first kappa shape index (κ1) is 27.0. The molecule has 4 aromatic carbocycles. The molecule has 3 nitrogen and oxygen atoms in total. The fourth-order valence-corrected chi connectivity index (χ4v) is 7.11. The molecule has 1 amide bonds. The summed E-state index contributed by atoms with van der Waals surface area (Å²) in [5, 5.41) is 0.700. The largest absolute Gasteiger partial charge is 0.489 e. The Morgan fingerprint density at radius 1 is 0.825 bits per heavy atom. The zero-order valence-electron chi connectivity index (χ0n) is 22.7. The summed E-state index contributed by atoms with van der Waals surface area (Å²) >= 11 is 8.22. The minimum absolute atomic E-state index is 0.0981. The number of halogens is 1. The summed E-state index contributed by atoms with van der Waals surface area (Å²) < 4.78 is 6.32. The van der Waals surface area contributed by atoms with Crippen molar-refractivity contribution in [3.05, 3.63) is 113 Å². The Balaban J connectivity index is 1.23. The third-order valence-corrected chi connectivity index (χ3v) is 9.38. The number of carbonyl (C=O) groups is 1. The molecule has 2 heterocycles. The van der Waals surface area contributed by atoms with Gasteiger partial charge in [0.25, 0.3) is 5.91 Å². The molecule has 2 aliphatic heterocycles. The first-order valence-electron chi connectivity index (χ1n) is 14.2. The SMILES string of the molecule is O=C(c1ccc(-c2ccc(Cl)cc2)c(COc2ccc(-c3ccccc3C3CCSCC3)cc2)c1)N1CCCC1. The van der Waals surface area contributed by atoms with Gasteiger partial charge in [0.15, 0.2) is 0 Å². The zero-order valence-corrected chi connectivity index (χ0v) is 24.2. The van der Waals surface area contributed by atoms with Gasteiger partial charge in [-0.1, -0.05) is 66.2 Å². The van der Waals surface area contributed by atoms with E-state index < -0.39 is 0 Å². The highest BCUT2D eigenvalue weighted by Crippen LogP contribution is 2.38. The molecule has 0 unspecified atom stereocenters. The van der Waals surface area contributed by atoms with Crippen molar-refractivity contribution < 1.29 is 9.53 Å². The Morgan fingerprint density at radius 2 is 1.50 bits per heavy atom. The molecule has 0 saturated carbocycles. The van der Waals surface area contributed by atoms with E-state index in [1.165, 1.54) is 41.0 Å². The molecule has 0 aliphatic carbocycles. The van der Waals surface area contributed by atoms with Crippen LogP contribution in [-0.4, -0.2) is 35.4 Å². The van der Waals surface area contributed by atoms with Gasteiger partial charge in [-0.3, -0.25) is 4.79 Å². The number of hydrogen-bond acceptors (Lipinski definition) is 3. The number of benzene rings is 4. The van der Waals surface area contributed by atoms with Crippen molar-refractivity contribution in [2.24, 2.45) is 0 Å². The van der Waals surface area contributed by atoms with Crippen LogP contribution in [0.1, 0.15) is 53.1 Å². The van der Waals surface area contributed by atoms with Crippen molar-refractivity contribution in [1.82, 2.24) is 4.90 Å². The number of nitrogens with zero attached hydrogens (tertiary/aromatic N) is 1. The Hall–Kier alpha value is -3.21. The van der Waals surface area contributed by atoms with E-state index in [0.717, 1.165) is 48.4 Å². The van der Waals surface area contributed by atoms with Crippen LogP contribution >= 0.6 is 23.4 Å². The third kappa shape index (κ3) is 6.09. The average Bonchev–Trinajstić information content (AvgIpc) is 3.56. The van der Waals surface area contributed by atoms with E-state index in [-0.39, 0.29) is 5.91 Å². The van der Waals surface area contributed by atoms with Crippen molar-refractivity contribution in [2.45, 2.75) is 38.2 Å². The van der Waals surface area contributed by atoms with Crippen LogP contribution in [0.4, 0.5) is 0 Å². The summed E-state index contributed by atoms with van der Waals surface area (Å²) in [4.78, 5) is 15.1. The van der Waals surface area contributed by atoms with Gasteiger partial charge in [0.05, 0.1) is 0 Å². The van der Waals surface area contributed by atoms with Crippen LogP contribution in [0.3, 0.4) is 0 Å². The van der Waals surface area contributed by atoms with Crippen molar-refractivity contribution in [2.75, 3.05) is 24.6 Å². The predicted octanol–water partition coefficient (Wildman–Crippen LogP) is 9.10. The lowest BCUT2D eigenvalue weighted by Crippen LogP contribution is -2.27. The Bertz CT molecular complexity index is 1460. The molecule has 2 aliphatic rings. The maximum absolute atomic E-state index is 13.1. The van der Waals surface area contributed by atoms with Crippen molar-refractivity contribution in [3.63, 3.8) is 0 Å². The minimum Gasteiger partial charge on any atom is -0.489 e. The lowest BCUT2D eigenvalue weighted by molar-refractivity contribution is 0.0792. The predicted molar refractivity (Wildman–Crippen MR) is 168 cm³/mol. The summed E-state index contributed by atoms with van der Waals surface area (Å²) in [6.07, 6.45) is 4.64. The molecule has 5 heteroatoms. The highest BCUT2D eigenvalue weighted by atomic mass is 35.5. The molecular formula is C35H34ClNO2S. The Labute approximate surface area is 246 Å². The number of hydrogen-bond donors (Lipinski definition) is 0. The summed E-state index contributed by atoms with van der Waals surface area (Å²) in [5.41, 5.74) is 7.80. The molecule has 204 valence electrons. The number of ether oxygens (including phenoxy) is 1. The van der Waals surface area contributed by atoms with Crippen LogP contribution in [-0.2, 0) is 6.61 Å². The Morgan fingerprint density at radius 3 is 2.25 bits per heavy atom. The van der Waals surface area contributed by atoms with E-state index in [1.807, 2.05) is 47.4 Å². The van der Waals surface area contributed by atoms with Crippen LogP contribution in [0.2, 0.25) is 5.02 Å². The maximum Gasteiger partial charge on any atom is 0.253 e. The van der Waals surface area contributed by atoms with Gasteiger partial charge in [-0.15, -0.1) is 0 Å². The normalized spacial score (nSPS) is 15.8. The van der Waals surface area contributed by atoms with Crippen molar-refractivity contribution in [1.29, 1.82) is 0 Å². The van der Waals surface area contributed by atoms with Gasteiger partial charge in [-0.2, -0.15) is 11.8 Å². The van der Waals surface area contributed by atoms with Crippen molar-refractivity contribution >= 4 is 29.3 Å². The first-order chi connectivity index (χ1) is 19.7. The van der Waals surface area contributed by atoms with Crippen molar-refractivity contribution in [3.8, 4) is 28.0 Å². The van der Waals surface area contributed by atoms with Crippen LogP contribution < -0.4 is 4.74 Å². The maximum atomic E-state index is 13.1. The number of carbonyl (C=O) groups excluding carboxylic acids is 1. The van der Waals surface area contributed by atoms with Gasteiger partial charge in [0, 0.05) is 23.7 Å². The smallest absolute Gasteiger partial charge is 0.253 e. The second kappa shape index (κ2) is 12.5. The number of rotatable bonds is 7. The van der Waals surface area contributed by atoms with Crippen LogP contribution in [0.25, 0.3) is 22.3 Å². The first-order valence-corrected chi connectivity index (χ1v) is 15.8. The summed E-state index contributed by atoms with van der Waals surface area (Å²) in [5.74, 6) is 4.04. The Kier molecular flexibility index (Phi) is 8.45. The topological polar surface area (TPSA) is 29.5 Å². The molecule has 0 atom stereocenters. The number of amides is 1. The summed E-state index contributed by atoms with van der Waals surface area (Å²) in [7, 11) is 0. The molecule has 0 bridgehead atoms. The van der Waals surface area contributed by atoms with E-state index in [1.54, 1.807) is 0 Å². The van der Waals surface area contributed by atoms with E-state index in [4.69, 9.17) is 16.3 Å². The fraction of sp³-hybridized carbons (Fsp3) is 0.286. The standard InChI is InChI=1S/C35H34ClNO2S/c36-30-12-7-25(8-13-30)32-16-11-28(35(38)37-19-3-4-20-37)23-29(32)24-39-31-14-9-26(10-15-31)33-5-1-2-6-34(33)27-17-21-40-22-18-27/h1-2,5-16,23,27H,3-4,17-22,24H2. The molecule has 0 N–H and O–H groups in total.